The van der Waals surface area contributed by atoms with Crippen molar-refractivity contribution >= 4 is 17.1 Å². The van der Waals surface area contributed by atoms with Crippen molar-refractivity contribution in [3.63, 3.8) is 0 Å². The second-order valence-electron chi connectivity index (χ2n) is 6.14. The van der Waals surface area contributed by atoms with Crippen LogP contribution in [0.1, 0.15) is 19.4 Å². The fraction of sp³-hybridized carbons (Fsp3) is 0.316. The molecule has 0 radical (unpaired) electrons. The maximum Gasteiger partial charge on any atom is 0.0991 e. The molecule has 0 fully saturated rings. The van der Waals surface area contributed by atoms with Crippen LogP contribution in [0.2, 0.25) is 0 Å². The van der Waals surface area contributed by atoms with E-state index in [1.807, 2.05) is 24.3 Å². The fourth-order valence-electron chi connectivity index (χ4n) is 3.04. The molecule has 0 spiro atoms. The lowest BCUT2D eigenvalue weighted by molar-refractivity contribution is 0.603. The molecule has 22 heavy (non-hydrogen) atoms. The number of nitrogens with zero attached hydrogens (tertiary/aromatic N) is 3. The lowest BCUT2D eigenvalue weighted by atomic mass is 10.1. The number of para-hydroxylation sites is 2. The number of hydrogen-bond acceptors (Lipinski definition) is 3. The molecule has 0 amide bonds. The van der Waals surface area contributed by atoms with E-state index >= 15 is 0 Å². The lowest BCUT2D eigenvalue weighted by Crippen LogP contribution is -2.40. The molecule has 0 N–H and O–H groups in total. The molecule has 0 aliphatic carbocycles. The molecule has 112 valence electrons. The average Bonchev–Trinajstić information content (AvgIpc) is 2.55. The summed E-state index contributed by atoms with van der Waals surface area (Å²) in [6, 6.07) is 18.6. The molecular weight excluding hydrogens is 270 g/mol. The Hall–Kier alpha value is -2.47. The van der Waals surface area contributed by atoms with Crippen molar-refractivity contribution in [2.45, 2.75) is 13.8 Å². The van der Waals surface area contributed by atoms with Crippen LogP contribution in [0.3, 0.4) is 0 Å². The molecule has 0 bridgehead atoms. The van der Waals surface area contributed by atoms with E-state index in [0.717, 1.165) is 25.3 Å². The van der Waals surface area contributed by atoms with Crippen LogP contribution in [-0.4, -0.2) is 19.6 Å². The summed E-state index contributed by atoms with van der Waals surface area (Å²) in [6.45, 7) is 7.59. The van der Waals surface area contributed by atoms with Crippen LogP contribution in [0.25, 0.3) is 0 Å². The quantitative estimate of drug-likeness (QED) is 0.850. The number of benzene rings is 2. The van der Waals surface area contributed by atoms with Crippen LogP contribution < -0.4 is 9.80 Å². The Kier molecular flexibility index (Phi) is 4.02. The number of hydrogen-bond donors (Lipinski definition) is 0. The minimum atomic E-state index is 0.648. The highest BCUT2D eigenvalue weighted by molar-refractivity contribution is 5.79. The van der Waals surface area contributed by atoms with Crippen molar-refractivity contribution in [2.24, 2.45) is 5.92 Å². The minimum absolute atomic E-state index is 0.648. The Morgan fingerprint density at radius 2 is 1.68 bits per heavy atom. The molecule has 0 atom stereocenters. The summed E-state index contributed by atoms with van der Waals surface area (Å²) in [6.07, 6.45) is 0. The van der Waals surface area contributed by atoms with E-state index in [4.69, 9.17) is 5.26 Å². The van der Waals surface area contributed by atoms with Crippen LogP contribution in [0.4, 0.5) is 17.1 Å². The first-order valence-corrected chi connectivity index (χ1v) is 7.80. The summed E-state index contributed by atoms with van der Waals surface area (Å²) < 4.78 is 0. The largest absolute Gasteiger partial charge is 0.368 e. The molecule has 0 saturated heterocycles. The summed E-state index contributed by atoms with van der Waals surface area (Å²) in [5.41, 5.74) is 4.40. The molecule has 1 aliphatic rings. The van der Waals surface area contributed by atoms with E-state index in [1.165, 1.54) is 11.4 Å². The first kappa shape index (κ1) is 14.5. The van der Waals surface area contributed by atoms with Gasteiger partial charge in [0, 0.05) is 25.3 Å². The third kappa shape index (κ3) is 2.78. The molecule has 3 heteroatoms. The predicted octanol–water partition coefficient (Wildman–Crippen LogP) is 4.17. The standard InChI is InChI=1S/C19H21N3/c1-15(2)14-21-11-12-22(19-6-4-3-5-18(19)21)17-9-7-16(13-20)8-10-17/h3-10,15H,11-12,14H2,1-2H3. The SMILES string of the molecule is CC(C)CN1CCN(c2ccc(C#N)cc2)c2ccccc21. The summed E-state index contributed by atoms with van der Waals surface area (Å²) in [7, 11) is 0. The zero-order valence-electron chi connectivity index (χ0n) is 13.2. The monoisotopic (exact) mass is 291 g/mol. The van der Waals surface area contributed by atoms with E-state index in [1.54, 1.807) is 0 Å². The molecule has 2 aromatic carbocycles. The normalized spacial score (nSPS) is 13.9. The van der Waals surface area contributed by atoms with Gasteiger partial charge in [0.2, 0.25) is 0 Å². The van der Waals surface area contributed by atoms with Crippen molar-refractivity contribution in [3.05, 3.63) is 54.1 Å². The van der Waals surface area contributed by atoms with E-state index < -0.39 is 0 Å². The Morgan fingerprint density at radius 3 is 2.32 bits per heavy atom. The van der Waals surface area contributed by atoms with Gasteiger partial charge in [-0.15, -0.1) is 0 Å². The van der Waals surface area contributed by atoms with Gasteiger partial charge >= 0.3 is 0 Å². The van der Waals surface area contributed by atoms with Crippen molar-refractivity contribution < 1.29 is 0 Å². The summed E-state index contributed by atoms with van der Waals surface area (Å²) in [5, 5.41) is 8.94. The van der Waals surface area contributed by atoms with Gasteiger partial charge in [0.25, 0.3) is 0 Å². The van der Waals surface area contributed by atoms with Crippen LogP contribution in [-0.2, 0) is 0 Å². The van der Waals surface area contributed by atoms with E-state index in [9.17, 15) is 0 Å². The molecule has 2 aromatic rings. The summed E-state index contributed by atoms with van der Waals surface area (Å²) in [4.78, 5) is 4.81. The summed E-state index contributed by atoms with van der Waals surface area (Å²) in [5.74, 6) is 0.648. The highest BCUT2D eigenvalue weighted by atomic mass is 15.3. The van der Waals surface area contributed by atoms with Gasteiger partial charge < -0.3 is 9.80 Å². The zero-order chi connectivity index (χ0) is 15.5. The van der Waals surface area contributed by atoms with Crippen LogP contribution in [0.15, 0.2) is 48.5 Å². The Balaban J connectivity index is 1.95. The first-order chi connectivity index (χ1) is 10.7. The van der Waals surface area contributed by atoms with Crippen molar-refractivity contribution in [3.8, 4) is 6.07 Å². The lowest BCUT2D eigenvalue weighted by Gasteiger charge is -2.39. The zero-order valence-corrected chi connectivity index (χ0v) is 13.2. The maximum atomic E-state index is 8.94. The number of rotatable bonds is 3. The second-order valence-corrected chi connectivity index (χ2v) is 6.14. The van der Waals surface area contributed by atoms with Gasteiger partial charge in [-0.2, -0.15) is 5.26 Å². The first-order valence-electron chi connectivity index (χ1n) is 7.80. The summed E-state index contributed by atoms with van der Waals surface area (Å²) >= 11 is 0. The third-order valence-corrected chi connectivity index (χ3v) is 4.00. The van der Waals surface area contributed by atoms with E-state index in [2.05, 4.69) is 54.0 Å². The van der Waals surface area contributed by atoms with Crippen molar-refractivity contribution in [2.75, 3.05) is 29.4 Å². The molecule has 0 saturated carbocycles. The van der Waals surface area contributed by atoms with Gasteiger partial charge in [-0.25, -0.2) is 0 Å². The van der Waals surface area contributed by atoms with Gasteiger partial charge in [0.15, 0.2) is 0 Å². The number of anilines is 3. The molecule has 3 rings (SSSR count). The topological polar surface area (TPSA) is 30.3 Å². The number of nitriles is 1. The van der Waals surface area contributed by atoms with Gasteiger partial charge in [-0.05, 0) is 42.3 Å². The van der Waals surface area contributed by atoms with E-state index in [-0.39, 0.29) is 0 Å². The smallest absolute Gasteiger partial charge is 0.0991 e. The average molecular weight is 291 g/mol. The number of fused-ring (bicyclic) bond motifs is 1. The van der Waals surface area contributed by atoms with Crippen molar-refractivity contribution in [1.29, 1.82) is 5.26 Å². The van der Waals surface area contributed by atoms with Gasteiger partial charge in [0.05, 0.1) is 23.0 Å². The third-order valence-electron chi connectivity index (χ3n) is 4.00. The van der Waals surface area contributed by atoms with Crippen molar-refractivity contribution in [1.82, 2.24) is 0 Å². The molecular formula is C19H21N3. The van der Waals surface area contributed by atoms with Gasteiger partial charge in [-0.1, -0.05) is 26.0 Å². The Bertz CT molecular complexity index is 683. The maximum absolute atomic E-state index is 8.94. The second kappa shape index (κ2) is 6.11. The van der Waals surface area contributed by atoms with Gasteiger partial charge in [0.1, 0.15) is 0 Å². The Labute approximate surface area is 132 Å². The van der Waals surface area contributed by atoms with Crippen LogP contribution in [0.5, 0.6) is 0 Å². The molecule has 0 aromatic heterocycles. The fourth-order valence-corrected chi connectivity index (χ4v) is 3.04. The molecule has 3 nitrogen and oxygen atoms in total. The minimum Gasteiger partial charge on any atom is -0.368 e. The highest BCUT2D eigenvalue weighted by Crippen LogP contribution is 2.37. The molecule has 1 heterocycles. The van der Waals surface area contributed by atoms with Gasteiger partial charge in [-0.3, -0.25) is 0 Å². The predicted molar refractivity (Wildman–Crippen MR) is 91.7 cm³/mol. The van der Waals surface area contributed by atoms with E-state index in [0.29, 0.717) is 11.5 Å². The molecule has 1 aliphatic heterocycles. The van der Waals surface area contributed by atoms with Crippen LogP contribution >= 0.6 is 0 Å². The highest BCUT2D eigenvalue weighted by Gasteiger charge is 2.23. The Morgan fingerprint density at radius 1 is 1.00 bits per heavy atom. The molecule has 0 unspecified atom stereocenters. The van der Waals surface area contributed by atoms with Crippen LogP contribution in [0, 0.1) is 17.2 Å².